The Labute approximate surface area is 164 Å². The van der Waals surface area contributed by atoms with Crippen molar-refractivity contribution in [2.24, 2.45) is 0 Å². The van der Waals surface area contributed by atoms with E-state index in [1.807, 2.05) is 30.3 Å². The number of halogens is 2. The first-order chi connectivity index (χ1) is 14.0. The van der Waals surface area contributed by atoms with Crippen molar-refractivity contribution in [3.8, 4) is 23.0 Å². The Kier molecular flexibility index (Phi) is 4.86. The number of aromatic nitrogens is 4. The van der Waals surface area contributed by atoms with Crippen molar-refractivity contribution in [2.75, 3.05) is 5.32 Å². The summed E-state index contributed by atoms with van der Waals surface area (Å²) in [6.07, 6.45) is 1.58. The highest BCUT2D eigenvalue weighted by Crippen LogP contribution is 2.22. The number of nitrogens with one attached hydrogen (secondary N) is 1. The molecule has 0 spiro atoms. The maximum Gasteiger partial charge on any atom is 0.258 e. The largest absolute Gasteiger partial charge is 0.334 e. The minimum Gasteiger partial charge on any atom is -0.334 e. The number of hydrogen-bond acceptors (Lipinski definition) is 5. The summed E-state index contributed by atoms with van der Waals surface area (Å²) in [5, 5.41) is 6.17. The van der Waals surface area contributed by atoms with Crippen LogP contribution >= 0.6 is 0 Å². The summed E-state index contributed by atoms with van der Waals surface area (Å²) in [6.45, 7) is 1.51. The van der Waals surface area contributed by atoms with Gasteiger partial charge >= 0.3 is 0 Å². The predicted molar refractivity (Wildman–Crippen MR) is 101 cm³/mol. The Bertz CT molecular complexity index is 1150. The van der Waals surface area contributed by atoms with Gasteiger partial charge in [-0.15, -0.1) is 0 Å². The van der Waals surface area contributed by atoms with Gasteiger partial charge in [0.15, 0.2) is 0 Å². The highest BCUT2D eigenvalue weighted by Gasteiger charge is 2.17. The molecular weight excluding hydrogens is 380 g/mol. The lowest BCUT2D eigenvalue weighted by Crippen LogP contribution is -2.20. The van der Waals surface area contributed by atoms with Gasteiger partial charge in [0.2, 0.25) is 11.7 Å². The van der Waals surface area contributed by atoms with Gasteiger partial charge in [0.1, 0.15) is 35.4 Å². The molecule has 2 heterocycles. The topological polar surface area (TPSA) is 85.8 Å². The highest BCUT2D eigenvalue weighted by molar-refractivity contribution is 5.90. The molecule has 7 nitrogen and oxygen atoms in total. The van der Waals surface area contributed by atoms with E-state index in [1.54, 1.807) is 13.1 Å². The van der Waals surface area contributed by atoms with Crippen molar-refractivity contribution in [3.63, 3.8) is 0 Å². The zero-order valence-corrected chi connectivity index (χ0v) is 15.3. The summed E-state index contributed by atoms with van der Waals surface area (Å²) in [5.74, 6) is -1.16. The summed E-state index contributed by atoms with van der Waals surface area (Å²) in [6, 6.07) is 12.6. The minimum atomic E-state index is -0.846. The molecule has 0 fully saturated rings. The molecule has 2 aromatic carbocycles. The smallest absolute Gasteiger partial charge is 0.258 e. The maximum absolute atomic E-state index is 13.7. The molecule has 0 saturated heterocycles. The zero-order valence-electron chi connectivity index (χ0n) is 15.3. The predicted octanol–water partition coefficient (Wildman–Crippen LogP) is 3.83. The van der Waals surface area contributed by atoms with Gasteiger partial charge in [0, 0.05) is 11.8 Å². The molecule has 2 aromatic heterocycles. The first-order valence-electron chi connectivity index (χ1n) is 8.68. The molecule has 4 aromatic rings. The van der Waals surface area contributed by atoms with Gasteiger partial charge in [-0.2, -0.15) is 4.98 Å². The minimum absolute atomic E-state index is 0.185. The van der Waals surface area contributed by atoms with Gasteiger partial charge in [-0.3, -0.25) is 4.79 Å². The van der Waals surface area contributed by atoms with Crippen LogP contribution in [0.3, 0.4) is 0 Å². The first kappa shape index (κ1) is 18.5. The van der Waals surface area contributed by atoms with E-state index in [2.05, 4.69) is 20.4 Å². The van der Waals surface area contributed by atoms with Gasteiger partial charge < -0.3 is 14.4 Å². The van der Waals surface area contributed by atoms with Crippen LogP contribution in [0.1, 0.15) is 5.82 Å². The summed E-state index contributed by atoms with van der Waals surface area (Å²) < 4.78 is 34.2. The van der Waals surface area contributed by atoms with E-state index in [0.717, 1.165) is 17.7 Å². The monoisotopic (exact) mass is 395 g/mol. The lowest BCUT2D eigenvalue weighted by atomic mass is 10.2. The number of imidazole rings is 1. The molecule has 29 heavy (non-hydrogen) atoms. The number of amides is 1. The number of rotatable bonds is 5. The van der Waals surface area contributed by atoms with E-state index < -0.39 is 23.2 Å². The molecule has 0 unspecified atom stereocenters. The number of nitrogens with zero attached hydrogens (tertiary/aromatic N) is 4. The number of benzene rings is 2. The second-order valence-corrected chi connectivity index (χ2v) is 6.24. The fourth-order valence-corrected chi connectivity index (χ4v) is 2.75. The lowest BCUT2D eigenvalue weighted by Gasteiger charge is -2.08. The third-order valence-corrected chi connectivity index (χ3v) is 4.19. The zero-order chi connectivity index (χ0) is 20.4. The third kappa shape index (κ3) is 3.88. The summed E-state index contributed by atoms with van der Waals surface area (Å²) in [5.41, 5.74) is 0.702. The highest BCUT2D eigenvalue weighted by atomic mass is 19.1. The maximum atomic E-state index is 13.7. The van der Waals surface area contributed by atoms with Crippen LogP contribution in [0.15, 0.2) is 59.3 Å². The van der Waals surface area contributed by atoms with Crippen LogP contribution in [0, 0.1) is 18.6 Å². The average Bonchev–Trinajstić information content (AvgIpc) is 3.33. The van der Waals surface area contributed by atoms with Crippen molar-refractivity contribution in [1.82, 2.24) is 19.7 Å². The van der Waals surface area contributed by atoms with Crippen LogP contribution in [0.25, 0.3) is 23.0 Å². The molecule has 1 amide bonds. The molecule has 146 valence electrons. The van der Waals surface area contributed by atoms with E-state index in [4.69, 9.17) is 4.52 Å². The fraction of sp³-hybridized carbons (Fsp3) is 0.100. The van der Waals surface area contributed by atoms with Crippen molar-refractivity contribution in [1.29, 1.82) is 0 Å². The number of hydrogen-bond donors (Lipinski definition) is 1. The number of aryl methyl sites for hydroxylation is 1. The SMILES string of the molecule is Cc1nc(-c2noc(-c3ccccc3)n2)cn1CC(=O)Nc1c(F)cccc1F. The Morgan fingerprint density at radius 2 is 1.79 bits per heavy atom. The van der Waals surface area contributed by atoms with Crippen molar-refractivity contribution in [2.45, 2.75) is 13.5 Å². The van der Waals surface area contributed by atoms with Crippen LogP contribution in [0.2, 0.25) is 0 Å². The van der Waals surface area contributed by atoms with Crippen LogP contribution in [0.5, 0.6) is 0 Å². The average molecular weight is 395 g/mol. The van der Waals surface area contributed by atoms with Gasteiger partial charge in [0.25, 0.3) is 5.89 Å². The van der Waals surface area contributed by atoms with Crippen LogP contribution < -0.4 is 5.32 Å². The van der Waals surface area contributed by atoms with E-state index in [9.17, 15) is 13.6 Å². The molecule has 9 heteroatoms. The van der Waals surface area contributed by atoms with Crippen LogP contribution in [0.4, 0.5) is 14.5 Å². The van der Waals surface area contributed by atoms with Crippen LogP contribution in [-0.2, 0) is 11.3 Å². The fourth-order valence-electron chi connectivity index (χ4n) is 2.75. The van der Waals surface area contributed by atoms with Crippen molar-refractivity contribution < 1.29 is 18.1 Å². The normalized spacial score (nSPS) is 10.9. The number of anilines is 1. The molecule has 0 atom stereocenters. The Morgan fingerprint density at radius 3 is 2.52 bits per heavy atom. The Balaban J connectivity index is 1.51. The van der Waals surface area contributed by atoms with Crippen molar-refractivity contribution in [3.05, 3.63) is 72.2 Å². The van der Waals surface area contributed by atoms with Gasteiger partial charge in [-0.1, -0.05) is 29.4 Å². The summed E-state index contributed by atoms with van der Waals surface area (Å²) in [7, 11) is 0. The van der Waals surface area contributed by atoms with Crippen molar-refractivity contribution >= 4 is 11.6 Å². The van der Waals surface area contributed by atoms with E-state index in [0.29, 0.717) is 17.4 Å². The lowest BCUT2D eigenvalue weighted by molar-refractivity contribution is -0.116. The molecule has 0 bridgehead atoms. The van der Waals surface area contributed by atoms with Gasteiger partial charge in [-0.25, -0.2) is 13.8 Å². The molecular formula is C20H15F2N5O2. The molecule has 0 aliphatic heterocycles. The molecule has 0 saturated carbocycles. The molecule has 0 aliphatic carbocycles. The summed E-state index contributed by atoms with van der Waals surface area (Å²) >= 11 is 0. The third-order valence-electron chi connectivity index (χ3n) is 4.19. The molecule has 4 rings (SSSR count). The second kappa shape index (κ2) is 7.63. The second-order valence-electron chi connectivity index (χ2n) is 6.24. The Hall–Kier alpha value is -3.88. The van der Waals surface area contributed by atoms with E-state index in [-0.39, 0.29) is 12.4 Å². The quantitative estimate of drug-likeness (QED) is 0.555. The summed E-state index contributed by atoms with van der Waals surface area (Å²) in [4.78, 5) is 20.9. The number of para-hydroxylation sites is 1. The number of carbonyl (C=O) groups excluding carboxylic acids is 1. The molecule has 0 aliphatic rings. The van der Waals surface area contributed by atoms with Gasteiger partial charge in [-0.05, 0) is 31.2 Å². The van der Waals surface area contributed by atoms with Gasteiger partial charge in [0.05, 0.1) is 0 Å². The first-order valence-corrected chi connectivity index (χ1v) is 8.68. The van der Waals surface area contributed by atoms with Crippen LogP contribution in [-0.4, -0.2) is 25.6 Å². The molecule has 0 radical (unpaired) electrons. The molecule has 1 N–H and O–H groups in total. The van der Waals surface area contributed by atoms with E-state index in [1.165, 1.54) is 10.6 Å². The standard InChI is InChI=1S/C20H15F2N5O2/c1-12-23-16(19-25-20(29-26-19)13-6-3-2-4-7-13)10-27(12)11-17(28)24-18-14(21)8-5-9-15(18)22/h2-10H,11H2,1H3,(H,24,28). The van der Waals surface area contributed by atoms with E-state index >= 15 is 0 Å². The number of carbonyl (C=O) groups is 1. The Morgan fingerprint density at radius 1 is 1.07 bits per heavy atom.